The average molecular weight is 214 g/mol. The zero-order valence-corrected chi connectivity index (χ0v) is 8.59. The van der Waals surface area contributed by atoms with Gasteiger partial charge in [-0.2, -0.15) is 13.2 Å². The van der Waals surface area contributed by atoms with E-state index in [4.69, 9.17) is 12.2 Å². The first-order valence-corrected chi connectivity index (χ1v) is 4.21. The Labute approximate surface area is 81.1 Å². The Morgan fingerprint density at radius 2 is 1.92 bits per heavy atom. The number of nitrogens with zero attached hydrogens (tertiary/aromatic N) is 1. The van der Waals surface area contributed by atoms with Gasteiger partial charge >= 0.3 is 6.18 Å². The van der Waals surface area contributed by atoms with E-state index < -0.39 is 12.7 Å². The molecule has 0 radical (unpaired) electrons. The first-order valence-electron chi connectivity index (χ1n) is 3.81. The molecule has 0 heterocycles. The lowest BCUT2D eigenvalue weighted by Crippen LogP contribution is -2.44. The van der Waals surface area contributed by atoms with E-state index >= 15 is 0 Å². The van der Waals surface area contributed by atoms with Gasteiger partial charge in [0.05, 0.1) is 0 Å². The molecule has 0 aliphatic carbocycles. The fourth-order valence-corrected chi connectivity index (χ4v) is 0.998. The van der Waals surface area contributed by atoms with Crippen LogP contribution in [-0.2, 0) is 0 Å². The zero-order valence-electron chi connectivity index (χ0n) is 7.77. The van der Waals surface area contributed by atoms with Crippen molar-refractivity contribution >= 4 is 17.3 Å². The summed E-state index contributed by atoms with van der Waals surface area (Å²) in [4.78, 5) is 0.968. The molecule has 0 unspecified atom stereocenters. The summed E-state index contributed by atoms with van der Waals surface area (Å²) in [5, 5.41) is 2.84. The van der Waals surface area contributed by atoms with E-state index in [9.17, 15) is 13.2 Å². The summed E-state index contributed by atoms with van der Waals surface area (Å²) in [6, 6.07) is 0.0446. The van der Waals surface area contributed by atoms with Gasteiger partial charge in [-0.1, -0.05) is 0 Å². The summed E-state index contributed by atoms with van der Waals surface area (Å²) in [7, 11) is 1.31. The molecule has 6 heteroatoms. The molecular weight excluding hydrogens is 201 g/mol. The SMILES string of the molecule is CC(C)NC(=S)N(C)CC(F)(F)F. The maximum Gasteiger partial charge on any atom is 0.405 e. The summed E-state index contributed by atoms with van der Waals surface area (Å²) in [5.41, 5.74) is 0. The number of thiocarbonyl (C=S) groups is 1. The lowest BCUT2D eigenvalue weighted by atomic mass is 10.4. The Morgan fingerprint density at radius 1 is 1.46 bits per heavy atom. The summed E-state index contributed by atoms with van der Waals surface area (Å²) >= 11 is 4.74. The van der Waals surface area contributed by atoms with E-state index in [1.165, 1.54) is 7.05 Å². The van der Waals surface area contributed by atoms with Gasteiger partial charge in [-0.3, -0.25) is 0 Å². The molecule has 0 saturated heterocycles. The van der Waals surface area contributed by atoms with E-state index in [1.807, 2.05) is 13.8 Å². The Hall–Kier alpha value is -0.520. The third-order valence-corrected chi connectivity index (χ3v) is 1.60. The summed E-state index contributed by atoms with van der Waals surface area (Å²) in [6.07, 6.45) is -4.21. The Balaban J connectivity index is 3.97. The predicted octanol–water partition coefficient (Wildman–Crippen LogP) is 1.76. The van der Waals surface area contributed by atoms with Crippen LogP contribution < -0.4 is 5.32 Å². The van der Waals surface area contributed by atoms with Crippen molar-refractivity contribution in [3.63, 3.8) is 0 Å². The summed E-state index contributed by atoms with van der Waals surface area (Å²) in [6.45, 7) is 2.60. The third-order valence-electron chi connectivity index (χ3n) is 1.18. The fourth-order valence-electron chi connectivity index (χ4n) is 0.698. The van der Waals surface area contributed by atoms with Gasteiger partial charge in [0.1, 0.15) is 6.54 Å². The highest BCUT2D eigenvalue weighted by atomic mass is 32.1. The van der Waals surface area contributed by atoms with Gasteiger partial charge in [0, 0.05) is 13.1 Å². The fraction of sp³-hybridized carbons (Fsp3) is 0.857. The van der Waals surface area contributed by atoms with Gasteiger partial charge in [0.2, 0.25) is 0 Å². The molecule has 0 amide bonds. The van der Waals surface area contributed by atoms with Crippen LogP contribution in [0, 0.1) is 0 Å². The molecule has 0 aromatic heterocycles. The number of hydrogen-bond acceptors (Lipinski definition) is 1. The van der Waals surface area contributed by atoms with Crippen LogP contribution in [0.4, 0.5) is 13.2 Å². The number of hydrogen-bond donors (Lipinski definition) is 1. The van der Waals surface area contributed by atoms with Crippen molar-refractivity contribution in [2.24, 2.45) is 0 Å². The first kappa shape index (κ1) is 12.5. The van der Waals surface area contributed by atoms with Crippen molar-refractivity contribution in [3.8, 4) is 0 Å². The molecular formula is C7H13F3N2S. The highest BCUT2D eigenvalue weighted by Crippen LogP contribution is 2.15. The minimum absolute atomic E-state index is 0.0446. The Bertz CT molecular complexity index is 179. The molecule has 0 aromatic carbocycles. The monoisotopic (exact) mass is 214 g/mol. The highest BCUT2D eigenvalue weighted by molar-refractivity contribution is 7.80. The Morgan fingerprint density at radius 3 is 2.23 bits per heavy atom. The van der Waals surface area contributed by atoms with Crippen LogP contribution in [-0.4, -0.2) is 35.8 Å². The maximum absolute atomic E-state index is 11.9. The molecule has 0 aliphatic heterocycles. The van der Waals surface area contributed by atoms with Crippen molar-refractivity contribution in [2.75, 3.05) is 13.6 Å². The standard InChI is InChI=1S/C7H13F3N2S/c1-5(2)11-6(13)12(3)4-7(8,9)10/h5H,4H2,1-3H3,(H,11,13). The molecule has 0 fully saturated rings. The second-order valence-corrected chi connectivity index (χ2v) is 3.46. The molecule has 2 nitrogen and oxygen atoms in total. The first-order chi connectivity index (χ1) is 5.72. The molecule has 78 valence electrons. The largest absolute Gasteiger partial charge is 0.405 e. The molecule has 0 atom stereocenters. The smallest absolute Gasteiger partial charge is 0.360 e. The topological polar surface area (TPSA) is 15.3 Å². The van der Waals surface area contributed by atoms with Crippen LogP contribution in [0.1, 0.15) is 13.8 Å². The zero-order chi connectivity index (χ0) is 10.6. The minimum atomic E-state index is -4.21. The molecule has 0 aromatic rings. The van der Waals surface area contributed by atoms with Gasteiger partial charge in [-0.05, 0) is 26.1 Å². The van der Waals surface area contributed by atoms with Gasteiger partial charge in [-0.25, -0.2) is 0 Å². The molecule has 0 spiro atoms. The number of nitrogens with one attached hydrogen (secondary N) is 1. The lowest BCUT2D eigenvalue weighted by Gasteiger charge is -2.23. The molecule has 0 saturated carbocycles. The summed E-state index contributed by atoms with van der Waals surface area (Å²) < 4.78 is 35.6. The van der Waals surface area contributed by atoms with E-state index in [0.717, 1.165) is 4.90 Å². The molecule has 0 bridgehead atoms. The normalized spacial score (nSPS) is 11.6. The van der Waals surface area contributed by atoms with Gasteiger partial charge in [0.15, 0.2) is 5.11 Å². The van der Waals surface area contributed by atoms with Crippen LogP contribution in [0.15, 0.2) is 0 Å². The quantitative estimate of drug-likeness (QED) is 0.705. The number of halogens is 3. The number of rotatable bonds is 2. The van der Waals surface area contributed by atoms with Gasteiger partial charge in [-0.15, -0.1) is 0 Å². The third kappa shape index (κ3) is 6.62. The van der Waals surface area contributed by atoms with Crippen LogP contribution in [0.5, 0.6) is 0 Å². The molecule has 0 rings (SSSR count). The van der Waals surface area contributed by atoms with Crippen LogP contribution in [0.2, 0.25) is 0 Å². The van der Waals surface area contributed by atoms with Gasteiger partial charge in [0.25, 0.3) is 0 Å². The summed E-state index contributed by atoms with van der Waals surface area (Å²) in [5.74, 6) is 0. The van der Waals surface area contributed by atoms with E-state index in [1.54, 1.807) is 0 Å². The van der Waals surface area contributed by atoms with Crippen molar-refractivity contribution in [1.82, 2.24) is 10.2 Å². The van der Waals surface area contributed by atoms with Gasteiger partial charge < -0.3 is 10.2 Å². The second kappa shape index (κ2) is 4.64. The van der Waals surface area contributed by atoms with E-state index in [0.29, 0.717) is 0 Å². The van der Waals surface area contributed by atoms with Crippen molar-refractivity contribution in [2.45, 2.75) is 26.1 Å². The Kier molecular flexibility index (Phi) is 4.46. The van der Waals surface area contributed by atoms with E-state index in [-0.39, 0.29) is 11.2 Å². The lowest BCUT2D eigenvalue weighted by molar-refractivity contribution is -0.135. The highest BCUT2D eigenvalue weighted by Gasteiger charge is 2.30. The predicted molar refractivity (Wildman–Crippen MR) is 49.6 cm³/mol. The molecule has 1 N–H and O–H groups in total. The second-order valence-electron chi connectivity index (χ2n) is 3.08. The molecule has 13 heavy (non-hydrogen) atoms. The van der Waals surface area contributed by atoms with Crippen molar-refractivity contribution in [1.29, 1.82) is 0 Å². The minimum Gasteiger partial charge on any atom is -0.360 e. The average Bonchev–Trinajstić information content (AvgIpc) is 1.81. The number of alkyl halides is 3. The van der Waals surface area contributed by atoms with Crippen LogP contribution in [0.25, 0.3) is 0 Å². The van der Waals surface area contributed by atoms with Crippen molar-refractivity contribution < 1.29 is 13.2 Å². The van der Waals surface area contributed by atoms with Crippen molar-refractivity contribution in [3.05, 3.63) is 0 Å². The van der Waals surface area contributed by atoms with E-state index in [2.05, 4.69) is 5.32 Å². The molecule has 0 aliphatic rings. The van der Waals surface area contributed by atoms with Crippen LogP contribution in [0.3, 0.4) is 0 Å². The van der Waals surface area contributed by atoms with Crippen LogP contribution >= 0.6 is 12.2 Å². The maximum atomic E-state index is 11.9.